The van der Waals surface area contributed by atoms with Crippen molar-refractivity contribution in [3.63, 3.8) is 0 Å². The zero-order valence-electron chi connectivity index (χ0n) is 41.9. The standard InChI is InChI=1S/C37H52O3.C21H28O/c1-14-15-37(25-19-28(34(5,6)7)31(38)16-22(25)2,26-20-29(35(8,9)10)32(39)17-23(26)3)27-21-30(36(11,12)13)33(40)18-24(27)4;1-20(2,3)17-13-16(12-15-10-8-7-9-11-15)14-18(19(17)22)21(4,5)6/h16-21,38-40H,14-15H2,1-13H3;7-11,13-14,22H,12H2,1-6H3. The van der Waals surface area contributed by atoms with E-state index in [1.54, 1.807) is 0 Å². The molecule has 62 heavy (non-hydrogen) atoms. The van der Waals surface area contributed by atoms with E-state index in [1.807, 2.05) is 24.3 Å². The lowest BCUT2D eigenvalue weighted by molar-refractivity contribution is 0.422. The van der Waals surface area contributed by atoms with E-state index in [2.05, 4.69) is 186 Å². The number of phenolic OH excluding ortho intramolecular Hbond substituents is 4. The first-order valence-corrected chi connectivity index (χ1v) is 22.7. The van der Waals surface area contributed by atoms with Crippen molar-refractivity contribution in [3.8, 4) is 23.0 Å². The van der Waals surface area contributed by atoms with Crippen LogP contribution in [0.5, 0.6) is 23.0 Å². The van der Waals surface area contributed by atoms with Crippen molar-refractivity contribution in [1.82, 2.24) is 0 Å². The van der Waals surface area contributed by atoms with E-state index in [1.165, 1.54) is 11.1 Å². The first-order chi connectivity index (χ1) is 28.2. The fourth-order valence-corrected chi connectivity index (χ4v) is 9.25. The molecule has 0 fully saturated rings. The second-order valence-electron chi connectivity index (χ2n) is 23.2. The molecule has 0 heterocycles. The van der Waals surface area contributed by atoms with Crippen molar-refractivity contribution in [2.45, 2.75) is 183 Å². The average molecular weight is 841 g/mol. The molecule has 5 aromatic rings. The van der Waals surface area contributed by atoms with Crippen LogP contribution in [0.15, 0.2) is 78.9 Å². The van der Waals surface area contributed by atoms with Crippen LogP contribution in [-0.2, 0) is 38.9 Å². The summed E-state index contributed by atoms with van der Waals surface area (Å²) in [6.07, 6.45) is 2.64. The van der Waals surface area contributed by atoms with Gasteiger partial charge in [-0.05, 0) is 151 Å². The van der Waals surface area contributed by atoms with Crippen molar-refractivity contribution in [3.05, 3.63) is 151 Å². The average Bonchev–Trinajstić information content (AvgIpc) is 3.10. The molecule has 0 aliphatic carbocycles. The Morgan fingerprint density at radius 2 is 0.677 bits per heavy atom. The Balaban J connectivity index is 0.000000323. The summed E-state index contributed by atoms with van der Waals surface area (Å²) in [6, 6.07) is 27.2. The van der Waals surface area contributed by atoms with E-state index >= 15 is 0 Å². The lowest BCUT2D eigenvalue weighted by Gasteiger charge is -2.42. The van der Waals surface area contributed by atoms with Gasteiger partial charge in [-0.15, -0.1) is 0 Å². The molecule has 5 rings (SSSR count). The Kier molecular flexibility index (Phi) is 14.4. The number of hydrogen-bond donors (Lipinski definition) is 4. The van der Waals surface area contributed by atoms with Crippen molar-refractivity contribution in [2.24, 2.45) is 0 Å². The van der Waals surface area contributed by atoms with E-state index in [0.29, 0.717) is 23.0 Å². The summed E-state index contributed by atoms with van der Waals surface area (Å²) in [7, 11) is 0. The number of hydrogen-bond acceptors (Lipinski definition) is 4. The number of phenols is 4. The Labute approximate surface area is 376 Å². The zero-order valence-corrected chi connectivity index (χ0v) is 41.9. The molecule has 0 spiro atoms. The Morgan fingerprint density at radius 1 is 0.371 bits per heavy atom. The molecule has 0 aliphatic rings. The van der Waals surface area contributed by atoms with Crippen molar-refractivity contribution >= 4 is 0 Å². The Hall–Kier alpha value is -4.70. The number of aryl methyl sites for hydroxylation is 3. The van der Waals surface area contributed by atoms with E-state index < -0.39 is 5.41 Å². The van der Waals surface area contributed by atoms with Gasteiger partial charge in [-0.2, -0.15) is 0 Å². The van der Waals surface area contributed by atoms with Crippen LogP contribution in [0.4, 0.5) is 0 Å². The monoisotopic (exact) mass is 841 g/mol. The normalized spacial score (nSPS) is 12.9. The van der Waals surface area contributed by atoms with Gasteiger partial charge in [0.25, 0.3) is 0 Å². The minimum absolute atomic E-state index is 0.0726. The van der Waals surface area contributed by atoms with Gasteiger partial charge in [-0.3, -0.25) is 0 Å². The maximum absolute atomic E-state index is 11.1. The molecule has 0 bridgehead atoms. The lowest BCUT2D eigenvalue weighted by atomic mass is 9.61. The highest BCUT2D eigenvalue weighted by molar-refractivity contribution is 5.64. The van der Waals surface area contributed by atoms with Gasteiger partial charge in [0.15, 0.2) is 0 Å². The van der Waals surface area contributed by atoms with Gasteiger partial charge < -0.3 is 20.4 Å². The third kappa shape index (κ3) is 10.7. The second kappa shape index (κ2) is 17.8. The third-order valence-corrected chi connectivity index (χ3v) is 12.5. The minimum atomic E-state index is -0.581. The summed E-state index contributed by atoms with van der Waals surface area (Å²) in [5.74, 6) is 1.40. The summed E-state index contributed by atoms with van der Waals surface area (Å²) >= 11 is 0. The molecule has 0 aromatic heterocycles. The zero-order chi connectivity index (χ0) is 47.1. The largest absolute Gasteiger partial charge is 0.508 e. The van der Waals surface area contributed by atoms with Crippen LogP contribution < -0.4 is 0 Å². The first-order valence-electron chi connectivity index (χ1n) is 22.7. The van der Waals surface area contributed by atoms with Gasteiger partial charge >= 0.3 is 0 Å². The molecule has 0 unspecified atom stereocenters. The molecule has 336 valence electrons. The molecule has 4 N–H and O–H groups in total. The van der Waals surface area contributed by atoms with Crippen LogP contribution >= 0.6 is 0 Å². The number of aromatic hydroxyl groups is 4. The molecule has 0 atom stereocenters. The Bertz CT molecular complexity index is 2160. The molecule has 4 nitrogen and oxygen atoms in total. The molecule has 4 heteroatoms. The summed E-state index contributed by atoms with van der Waals surface area (Å²) in [5.41, 5.74) is 12.4. The summed E-state index contributed by atoms with van der Waals surface area (Å²) in [4.78, 5) is 0. The van der Waals surface area contributed by atoms with Crippen LogP contribution in [0.3, 0.4) is 0 Å². The van der Waals surface area contributed by atoms with Gasteiger partial charge in [0.1, 0.15) is 23.0 Å². The minimum Gasteiger partial charge on any atom is -0.508 e. The predicted molar refractivity (Wildman–Crippen MR) is 264 cm³/mol. The summed E-state index contributed by atoms with van der Waals surface area (Å²) < 4.78 is 0. The Morgan fingerprint density at radius 3 is 0.952 bits per heavy atom. The van der Waals surface area contributed by atoms with Crippen LogP contribution in [0.2, 0.25) is 0 Å². The topological polar surface area (TPSA) is 80.9 Å². The van der Waals surface area contributed by atoms with Crippen LogP contribution in [-0.4, -0.2) is 20.4 Å². The molecule has 0 aliphatic heterocycles. The molecule has 5 aromatic carbocycles. The number of rotatable bonds is 7. The van der Waals surface area contributed by atoms with E-state index in [-0.39, 0.29) is 27.1 Å². The highest BCUT2D eigenvalue weighted by Gasteiger charge is 2.42. The summed E-state index contributed by atoms with van der Waals surface area (Å²) in [5, 5.41) is 44.1. The van der Waals surface area contributed by atoms with Gasteiger partial charge in [0.2, 0.25) is 0 Å². The predicted octanol–water partition coefficient (Wildman–Crippen LogP) is 15.3. The fraction of sp³-hybridized carbons (Fsp3) is 0.483. The smallest absolute Gasteiger partial charge is 0.123 e. The van der Waals surface area contributed by atoms with Gasteiger partial charge in [-0.25, -0.2) is 0 Å². The first kappa shape index (κ1) is 50.0. The van der Waals surface area contributed by atoms with E-state index in [0.717, 1.165) is 80.5 Å². The van der Waals surface area contributed by atoms with E-state index in [4.69, 9.17) is 0 Å². The molecule has 0 amide bonds. The van der Waals surface area contributed by atoms with Crippen LogP contribution in [0, 0.1) is 20.8 Å². The van der Waals surface area contributed by atoms with Crippen LogP contribution in [0.1, 0.15) is 196 Å². The van der Waals surface area contributed by atoms with Gasteiger partial charge in [-0.1, -0.05) is 178 Å². The molecular formula is C58H80O4. The fourth-order valence-electron chi connectivity index (χ4n) is 9.25. The van der Waals surface area contributed by atoms with Crippen molar-refractivity contribution in [1.29, 1.82) is 0 Å². The maximum Gasteiger partial charge on any atom is 0.123 e. The molecule has 0 radical (unpaired) electrons. The van der Waals surface area contributed by atoms with Gasteiger partial charge in [0, 0.05) is 5.41 Å². The maximum atomic E-state index is 11.1. The second-order valence-corrected chi connectivity index (χ2v) is 23.2. The highest BCUT2D eigenvalue weighted by atomic mass is 16.3. The highest BCUT2D eigenvalue weighted by Crippen LogP contribution is 2.52. The molecular weight excluding hydrogens is 761 g/mol. The quantitative estimate of drug-likeness (QED) is 0.123. The summed E-state index contributed by atoms with van der Waals surface area (Å²) in [6.45, 7) is 40.6. The lowest BCUT2D eigenvalue weighted by Crippen LogP contribution is -2.34. The SMILES string of the molecule is CC(C)(C)c1cc(Cc2ccccc2)cc(C(C)(C)C)c1O.CCCC(c1cc(C(C)(C)C)c(O)cc1C)(c1cc(C(C)(C)C)c(O)cc1C)c1cc(C(C)(C)C)c(O)cc1C. The number of benzene rings is 5. The molecule has 0 saturated carbocycles. The van der Waals surface area contributed by atoms with Crippen molar-refractivity contribution in [2.75, 3.05) is 0 Å². The van der Waals surface area contributed by atoms with Crippen molar-refractivity contribution < 1.29 is 20.4 Å². The van der Waals surface area contributed by atoms with Gasteiger partial charge in [0.05, 0.1) is 0 Å². The molecule has 0 saturated heterocycles. The van der Waals surface area contributed by atoms with Crippen LogP contribution in [0.25, 0.3) is 0 Å². The van der Waals surface area contributed by atoms with E-state index in [9.17, 15) is 20.4 Å². The third-order valence-electron chi connectivity index (χ3n) is 12.5.